The van der Waals surface area contributed by atoms with Gasteiger partial charge in [-0.05, 0) is 12.8 Å². The van der Waals surface area contributed by atoms with E-state index in [-0.39, 0.29) is 0 Å². The van der Waals surface area contributed by atoms with E-state index in [4.69, 9.17) is 0 Å². The van der Waals surface area contributed by atoms with Crippen molar-refractivity contribution in [2.45, 2.75) is 31.2 Å². The van der Waals surface area contributed by atoms with E-state index < -0.39 is 0 Å². The highest BCUT2D eigenvalue weighted by Crippen LogP contribution is 2.35. The van der Waals surface area contributed by atoms with Crippen LogP contribution in [-0.4, -0.2) is 29.1 Å². The van der Waals surface area contributed by atoms with Crippen LogP contribution in [0.25, 0.3) is 0 Å². The maximum Gasteiger partial charge on any atom is 0.129 e. The van der Waals surface area contributed by atoms with E-state index in [2.05, 4.69) is 26.7 Å². The number of nitrogens with one attached hydrogen (secondary N) is 2. The van der Waals surface area contributed by atoms with E-state index in [9.17, 15) is 0 Å². The third kappa shape index (κ3) is 1.81. The smallest absolute Gasteiger partial charge is 0.129 e. The van der Waals surface area contributed by atoms with Crippen LogP contribution in [0.1, 0.15) is 30.9 Å². The number of hydrogen-bond donors (Lipinski definition) is 2. The Labute approximate surface area is 89.5 Å². The normalized spacial score (nSPS) is 21.9. The molecule has 2 aliphatic rings. The van der Waals surface area contributed by atoms with Crippen molar-refractivity contribution >= 4 is 5.82 Å². The summed E-state index contributed by atoms with van der Waals surface area (Å²) in [6.45, 7) is 2.09. The zero-order valence-corrected chi connectivity index (χ0v) is 8.74. The lowest BCUT2D eigenvalue weighted by Gasteiger charge is -2.29. The van der Waals surface area contributed by atoms with Crippen molar-refractivity contribution in [1.82, 2.24) is 15.3 Å². The zero-order chi connectivity index (χ0) is 10.1. The fourth-order valence-corrected chi connectivity index (χ4v) is 1.98. The van der Waals surface area contributed by atoms with Gasteiger partial charge in [-0.3, -0.25) is 0 Å². The van der Waals surface area contributed by atoms with E-state index >= 15 is 0 Å². The van der Waals surface area contributed by atoms with Crippen molar-refractivity contribution < 1.29 is 0 Å². The van der Waals surface area contributed by atoms with E-state index in [0.717, 1.165) is 18.9 Å². The predicted molar refractivity (Wildman–Crippen MR) is 58.9 cm³/mol. The molecule has 15 heavy (non-hydrogen) atoms. The Morgan fingerprint density at radius 3 is 2.73 bits per heavy atom. The largest absolute Gasteiger partial charge is 0.365 e. The minimum Gasteiger partial charge on any atom is -0.365 e. The predicted octanol–water partition coefficient (Wildman–Crippen LogP) is 1.13. The van der Waals surface area contributed by atoms with Crippen LogP contribution < -0.4 is 10.6 Å². The Bertz CT molecular complexity index is 344. The molecule has 0 bridgehead atoms. The molecule has 1 aliphatic carbocycles. The molecule has 4 heteroatoms. The maximum atomic E-state index is 4.35. The average Bonchev–Trinajstić information content (AvgIpc) is 2.09. The van der Waals surface area contributed by atoms with Gasteiger partial charge in [0, 0.05) is 30.8 Å². The van der Waals surface area contributed by atoms with Gasteiger partial charge in [0.05, 0.1) is 6.04 Å². The first kappa shape index (κ1) is 9.09. The van der Waals surface area contributed by atoms with Crippen LogP contribution in [-0.2, 0) is 0 Å². The summed E-state index contributed by atoms with van der Waals surface area (Å²) in [5.74, 6) is 1.67. The maximum absolute atomic E-state index is 4.35. The summed E-state index contributed by atoms with van der Waals surface area (Å²) >= 11 is 0. The fourth-order valence-electron chi connectivity index (χ4n) is 1.98. The van der Waals surface area contributed by atoms with Crippen molar-refractivity contribution in [3.05, 3.63) is 18.1 Å². The van der Waals surface area contributed by atoms with E-state index in [1.54, 1.807) is 6.33 Å². The first-order chi connectivity index (χ1) is 7.42. The van der Waals surface area contributed by atoms with Gasteiger partial charge < -0.3 is 10.6 Å². The van der Waals surface area contributed by atoms with Crippen molar-refractivity contribution in [1.29, 1.82) is 0 Å². The second-order valence-corrected chi connectivity index (χ2v) is 4.46. The van der Waals surface area contributed by atoms with E-state index in [1.165, 1.54) is 25.0 Å². The molecule has 80 valence electrons. The number of anilines is 1. The Morgan fingerprint density at radius 1 is 1.27 bits per heavy atom. The highest BCUT2D eigenvalue weighted by atomic mass is 15.1. The summed E-state index contributed by atoms with van der Waals surface area (Å²) in [5, 5.41) is 6.64. The van der Waals surface area contributed by atoms with Gasteiger partial charge in [0.15, 0.2) is 0 Å². The average molecular weight is 204 g/mol. The van der Waals surface area contributed by atoms with Crippen LogP contribution in [0.3, 0.4) is 0 Å². The molecule has 2 N–H and O–H groups in total. The molecular weight excluding hydrogens is 188 g/mol. The van der Waals surface area contributed by atoms with Gasteiger partial charge in [-0.25, -0.2) is 9.97 Å². The molecule has 1 saturated carbocycles. The molecule has 2 fully saturated rings. The molecule has 1 aliphatic heterocycles. The lowest BCUT2D eigenvalue weighted by atomic mass is 9.83. The monoisotopic (exact) mass is 204 g/mol. The minimum atomic E-state index is 0.550. The molecule has 0 aromatic carbocycles. The molecule has 1 aromatic heterocycles. The van der Waals surface area contributed by atoms with Gasteiger partial charge in [-0.1, -0.05) is 6.42 Å². The summed E-state index contributed by atoms with van der Waals surface area (Å²) in [6.07, 6.45) is 5.62. The van der Waals surface area contributed by atoms with E-state index in [0.29, 0.717) is 12.0 Å². The summed E-state index contributed by atoms with van der Waals surface area (Å²) in [5.41, 5.74) is 1.21. The van der Waals surface area contributed by atoms with Crippen LogP contribution in [0, 0.1) is 0 Å². The number of hydrogen-bond acceptors (Lipinski definition) is 4. The van der Waals surface area contributed by atoms with Crippen LogP contribution in [0.4, 0.5) is 5.82 Å². The van der Waals surface area contributed by atoms with Crippen LogP contribution >= 0.6 is 0 Å². The molecule has 0 spiro atoms. The number of nitrogens with zero attached hydrogens (tertiary/aromatic N) is 2. The third-order valence-electron chi connectivity index (χ3n) is 3.35. The van der Waals surface area contributed by atoms with Crippen LogP contribution in [0.5, 0.6) is 0 Å². The molecular formula is C11H16N4. The quantitative estimate of drug-likeness (QED) is 0.775. The topological polar surface area (TPSA) is 49.8 Å². The molecule has 0 radical (unpaired) electrons. The second kappa shape index (κ2) is 3.77. The third-order valence-corrected chi connectivity index (χ3v) is 3.35. The summed E-state index contributed by atoms with van der Waals surface area (Å²) < 4.78 is 0. The van der Waals surface area contributed by atoms with Gasteiger partial charge in [0.25, 0.3) is 0 Å². The van der Waals surface area contributed by atoms with Gasteiger partial charge in [0.2, 0.25) is 0 Å². The highest BCUT2D eigenvalue weighted by molar-refractivity contribution is 5.38. The van der Waals surface area contributed by atoms with Crippen molar-refractivity contribution in [3.8, 4) is 0 Å². The van der Waals surface area contributed by atoms with Crippen molar-refractivity contribution in [2.75, 3.05) is 18.4 Å². The molecule has 1 saturated heterocycles. The molecule has 0 amide bonds. The molecule has 2 heterocycles. The Balaban J connectivity index is 1.70. The van der Waals surface area contributed by atoms with E-state index in [1.807, 2.05) is 0 Å². The first-order valence-electron chi connectivity index (χ1n) is 5.71. The summed E-state index contributed by atoms with van der Waals surface area (Å²) in [4.78, 5) is 8.60. The zero-order valence-electron chi connectivity index (χ0n) is 8.74. The van der Waals surface area contributed by atoms with Crippen LogP contribution in [0.15, 0.2) is 12.4 Å². The van der Waals surface area contributed by atoms with Crippen LogP contribution in [0.2, 0.25) is 0 Å². The SMILES string of the molecule is c1nc(NC2CNC2)cc(C2CCC2)n1. The number of aromatic nitrogens is 2. The molecule has 0 unspecified atom stereocenters. The van der Waals surface area contributed by atoms with Gasteiger partial charge in [-0.15, -0.1) is 0 Å². The number of rotatable bonds is 3. The second-order valence-electron chi connectivity index (χ2n) is 4.46. The Hall–Kier alpha value is -1.16. The van der Waals surface area contributed by atoms with Crippen molar-refractivity contribution in [2.24, 2.45) is 0 Å². The summed E-state index contributed by atoms with van der Waals surface area (Å²) in [7, 11) is 0. The lowest BCUT2D eigenvalue weighted by Crippen LogP contribution is -2.51. The fraction of sp³-hybridized carbons (Fsp3) is 0.636. The summed E-state index contributed by atoms with van der Waals surface area (Å²) in [6, 6.07) is 2.66. The molecule has 1 aromatic rings. The first-order valence-corrected chi connectivity index (χ1v) is 5.71. The molecule has 4 nitrogen and oxygen atoms in total. The van der Waals surface area contributed by atoms with Gasteiger partial charge in [0.1, 0.15) is 12.1 Å². The Morgan fingerprint density at radius 2 is 2.13 bits per heavy atom. The Kier molecular flexibility index (Phi) is 2.29. The molecule has 3 rings (SSSR count). The lowest BCUT2D eigenvalue weighted by molar-refractivity contribution is 0.410. The highest BCUT2D eigenvalue weighted by Gasteiger charge is 2.22. The van der Waals surface area contributed by atoms with Gasteiger partial charge in [-0.2, -0.15) is 0 Å². The van der Waals surface area contributed by atoms with Crippen molar-refractivity contribution in [3.63, 3.8) is 0 Å². The molecule has 0 atom stereocenters. The van der Waals surface area contributed by atoms with Gasteiger partial charge >= 0.3 is 0 Å². The minimum absolute atomic E-state index is 0.550. The standard InChI is InChI=1S/C11H16N4/c1-2-8(3-1)10-4-11(14-7-13-10)15-9-5-12-6-9/h4,7-9,12H,1-3,5-6H2,(H,13,14,15).